The monoisotopic (exact) mass is 223 g/mol. The molecule has 0 aromatic heterocycles. The Kier molecular flexibility index (Phi) is 4.33. The lowest BCUT2D eigenvalue weighted by Crippen LogP contribution is -2.16. The van der Waals surface area contributed by atoms with Gasteiger partial charge in [-0.1, -0.05) is 39.0 Å². The molecule has 0 heterocycles. The number of hydroxylamine groups is 1. The predicted octanol–water partition coefficient (Wildman–Crippen LogP) is 2.64. The zero-order chi connectivity index (χ0) is 12.2. The average molecular weight is 223 g/mol. The summed E-state index contributed by atoms with van der Waals surface area (Å²) in [5.41, 5.74) is 5.24. The van der Waals surface area contributed by atoms with E-state index in [9.17, 15) is 0 Å². The first kappa shape index (κ1) is 13.0. The second kappa shape index (κ2) is 5.32. The van der Waals surface area contributed by atoms with E-state index < -0.39 is 0 Å². The van der Waals surface area contributed by atoms with Gasteiger partial charge in [-0.3, -0.25) is 0 Å². The molecular formula is C13H21NO2. The molecule has 1 aromatic carbocycles. The van der Waals surface area contributed by atoms with Crippen molar-refractivity contribution >= 4 is 0 Å². The van der Waals surface area contributed by atoms with Crippen molar-refractivity contribution < 1.29 is 9.57 Å². The van der Waals surface area contributed by atoms with Gasteiger partial charge in [0.05, 0.1) is 14.2 Å². The third-order valence-corrected chi connectivity index (χ3v) is 2.52. The maximum absolute atomic E-state index is 5.50. The Balaban J connectivity index is 3.11. The predicted molar refractivity (Wildman–Crippen MR) is 65.5 cm³/mol. The number of rotatable bonds is 4. The van der Waals surface area contributed by atoms with Crippen LogP contribution in [0.2, 0.25) is 0 Å². The van der Waals surface area contributed by atoms with Gasteiger partial charge in [-0.05, 0) is 11.0 Å². The molecule has 1 N–H and O–H groups in total. The molecule has 0 aliphatic heterocycles. The fourth-order valence-electron chi connectivity index (χ4n) is 1.71. The molecule has 0 amide bonds. The van der Waals surface area contributed by atoms with Crippen LogP contribution < -0.4 is 10.2 Å². The summed E-state index contributed by atoms with van der Waals surface area (Å²) < 4.78 is 5.50. The first-order chi connectivity index (χ1) is 7.50. The highest BCUT2D eigenvalue weighted by Gasteiger charge is 2.20. The lowest BCUT2D eigenvalue weighted by Gasteiger charge is -2.23. The van der Waals surface area contributed by atoms with Gasteiger partial charge >= 0.3 is 0 Å². The highest BCUT2D eigenvalue weighted by Crippen LogP contribution is 2.33. The largest absolute Gasteiger partial charge is 0.496 e. The number of nitrogens with one attached hydrogen (secondary N) is 1. The number of methoxy groups -OCH3 is 1. The Hall–Kier alpha value is -1.06. The van der Waals surface area contributed by atoms with E-state index in [4.69, 9.17) is 9.57 Å². The van der Waals surface area contributed by atoms with Crippen molar-refractivity contribution in [1.82, 2.24) is 5.48 Å². The number of ether oxygens (including phenoxy) is 1. The van der Waals surface area contributed by atoms with Crippen molar-refractivity contribution in [3.05, 3.63) is 29.3 Å². The summed E-state index contributed by atoms with van der Waals surface area (Å²) in [6.07, 6.45) is 0. The highest BCUT2D eigenvalue weighted by molar-refractivity contribution is 5.45. The van der Waals surface area contributed by atoms with E-state index in [-0.39, 0.29) is 5.41 Å². The van der Waals surface area contributed by atoms with Crippen molar-refractivity contribution in [2.24, 2.45) is 0 Å². The van der Waals surface area contributed by atoms with Gasteiger partial charge in [-0.2, -0.15) is 5.48 Å². The molecule has 0 unspecified atom stereocenters. The molecule has 1 aromatic rings. The normalized spacial score (nSPS) is 11.6. The topological polar surface area (TPSA) is 30.5 Å². The van der Waals surface area contributed by atoms with Crippen molar-refractivity contribution in [2.45, 2.75) is 32.7 Å². The first-order valence-electron chi connectivity index (χ1n) is 5.43. The summed E-state index contributed by atoms with van der Waals surface area (Å²) in [5, 5.41) is 0. The Labute approximate surface area is 97.7 Å². The van der Waals surface area contributed by atoms with Crippen LogP contribution >= 0.6 is 0 Å². The highest BCUT2D eigenvalue weighted by atomic mass is 16.6. The molecule has 1 rings (SSSR count). The molecule has 0 bridgehead atoms. The Bertz CT molecular complexity index is 342. The van der Waals surface area contributed by atoms with Crippen LogP contribution in [0, 0.1) is 0 Å². The van der Waals surface area contributed by atoms with E-state index in [1.54, 1.807) is 14.2 Å². The fraction of sp³-hybridized carbons (Fsp3) is 0.538. The molecule has 3 nitrogen and oxygen atoms in total. The van der Waals surface area contributed by atoms with E-state index in [0.717, 1.165) is 11.3 Å². The van der Waals surface area contributed by atoms with Gasteiger partial charge in [0.25, 0.3) is 0 Å². The Morgan fingerprint density at radius 3 is 2.38 bits per heavy atom. The second-order valence-corrected chi connectivity index (χ2v) is 4.77. The zero-order valence-electron chi connectivity index (χ0n) is 10.8. The van der Waals surface area contributed by atoms with Gasteiger partial charge in [-0.25, -0.2) is 0 Å². The van der Waals surface area contributed by atoms with Crippen molar-refractivity contribution in [1.29, 1.82) is 0 Å². The van der Waals surface area contributed by atoms with Crippen LogP contribution in [-0.2, 0) is 16.8 Å². The van der Waals surface area contributed by atoms with E-state index >= 15 is 0 Å². The van der Waals surface area contributed by atoms with Gasteiger partial charge in [0, 0.05) is 12.1 Å². The third-order valence-electron chi connectivity index (χ3n) is 2.52. The molecular weight excluding hydrogens is 202 g/mol. The summed E-state index contributed by atoms with van der Waals surface area (Å²) in [6.45, 7) is 7.18. The fourth-order valence-corrected chi connectivity index (χ4v) is 1.71. The quantitative estimate of drug-likeness (QED) is 0.796. The van der Waals surface area contributed by atoms with Crippen LogP contribution in [0.1, 0.15) is 31.9 Å². The number of hydrogen-bond donors (Lipinski definition) is 1. The van der Waals surface area contributed by atoms with E-state index in [1.165, 1.54) is 5.56 Å². The van der Waals surface area contributed by atoms with Gasteiger partial charge in [0.2, 0.25) is 0 Å². The SMILES string of the molecule is CONCc1cccc(C(C)(C)C)c1OC. The molecule has 0 aliphatic carbocycles. The van der Waals surface area contributed by atoms with Crippen LogP contribution in [-0.4, -0.2) is 14.2 Å². The number of para-hydroxylation sites is 1. The maximum atomic E-state index is 5.50. The lowest BCUT2D eigenvalue weighted by molar-refractivity contribution is 0.0860. The zero-order valence-corrected chi connectivity index (χ0v) is 10.8. The van der Waals surface area contributed by atoms with Crippen molar-refractivity contribution in [2.75, 3.05) is 14.2 Å². The smallest absolute Gasteiger partial charge is 0.127 e. The summed E-state index contributed by atoms with van der Waals surface area (Å²) in [6, 6.07) is 6.20. The molecule has 0 radical (unpaired) electrons. The van der Waals surface area contributed by atoms with E-state index in [1.807, 2.05) is 6.07 Å². The summed E-state index contributed by atoms with van der Waals surface area (Å²) >= 11 is 0. The van der Waals surface area contributed by atoms with Crippen LogP contribution in [0.25, 0.3) is 0 Å². The molecule has 0 aliphatic rings. The molecule has 90 valence electrons. The van der Waals surface area contributed by atoms with Crippen LogP contribution in [0.3, 0.4) is 0 Å². The molecule has 0 atom stereocenters. The minimum absolute atomic E-state index is 0.0778. The van der Waals surface area contributed by atoms with Gasteiger partial charge in [0.15, 0.2) is 0 Å². The molecule has 0 saturated heterocycles. The van der Waals surface area contributed by atoms with Crippen LogP contribution in [0.4, 0.5) is 0 Å². The standard InChI is InChI=1S/C13H21NO2/c1-13(2,3)11-8-6-7-10(9-14-16-5)12(11)15-4/h6-8,14H,9H2,1-5H3. The van der Waals surface area contributed by atoms with Crippen LogP contribution in [0.5, 0.6) is 5.75 Å². The van der Waals surface area contributed by atoms with Gasteiger partial charge in [0.1, 0.15) is 5.75 Å². The summed E-state index contributed by atoms with van der Waals surface area (Å²) in [5.74, 6) is 0.944. The molecule has 16 heavy (non-hydrogen) atoms. The molecule has 0 fully saturated rings. The number of hydrogen-bond acceptors (Lipinski definition) is 3. The summed E-state index contributed by atoms with van der Waals surface area (Å²) in [4.78, 5) is 4.87. The van der Waals surface area contributed by atoms with E-state index in [2.05, 4.69) is 38.4 Å². The lowest BCUT2D eigenvalue weighted by atomic mass is 9.85. The third kappa shape index (κ3) is 2.97. The summed E-state index contributed by atoms with van der Waals surface area (Å²) in [7, 11) is 3.32. The Morgan fingerprint density at radius 2 is 1.88 bits per heavy atom. The molecule has 0 saturated carbocycles. The minimum Gasteiger partial charge on any atom is -0.496 e. The maximum Gasteiger partial charge on any atom is 0.127 e. The van der Waals surface area contributed by atoms with Gasteiger partial charge in [-0.15, -0.1) is 0 Å². The second-order valence-electron chi connectivity index (χ2n) is 4.77. The minimum atomic E-state index is 0.0778. The van der Waals surface area contributed by atoms with Crippen LogP contribution in [0.15, 0.2) is 18.2 Å². The Morgan fingerprint density at radius 1 is 1.19 bits per heavy atom. The molecule has 3 heteroatoms. The molecule has 0 spiro atoms. The van der Waals surface area contributed by atoms with Gasteiger partial charge < -0.3 is 9.57 Å². The first-order valence-corrected chi connectivity index (χ1v) is 5.43. The average Bonchev–Trinajstić information content (AvgIpc) is 2.24. The van der Waals surface area contributed by atoms with Crippen molar-refractivity contribution in [3.8, 4) is 5.75 Å². The number of benzene rings is 1. The van der Waals surface area contributed by atoms with E-state index in [0.29, 0.717) is 6.54 Å². The van der Waals surface area contributed by atoms with Crippen molar-refractivity contribution in [3.63, 3.8) is 0 Å².